The maximum Gasteiger partial charge on any atom is 0.222 e. The molecular formula is C21H30N2O4. The van der Waals surface area contributed by atoms with Gasteiger partial charge in [-0.15, -0.1) is 0 Å². The topological polar surface area (TPSA) is 59.1 Å². The molecule has 3 rings (SSSR count). The van der Waals surface area contributed by atoms with E-state index in [2.05, 4.69) is 0 Å². The van der Waals surface area contributed by atoms with Crippen LogP contribution in [-0.2, 0) is 16.0 Å². The van der Waals surface area contributed by atoms with Crippen LogP contribution < -0.4 is 9.47 Å². The molecular weight excluding hydrogens is 344 g/mol. The fourth-order valence-electron chi connectivity index (χ4n) is 4.40. The Labute approximate surface area is 161 Å². The zero-order valence-electron chi connectivity index (χ0n) is 16.6. The first-order valence-electron chi connectivity index (χ1n) is 9.76. The quantitative estimate of drug-likeness (QED) is 0.794. The summed E-state index contributed by atoms with van der Waals surface area (Å²) in [5.74, 6) is 2.68. The van der Waals surface area contributed by atoms with Crippen LogP contribution in [0.2, 0.25) is 0 Å². The fourth-order valence-corrected chi connectivity index (χ4v) is 4.40. The molecule has 6 nitrogen and oxygen atoms in total. The minimum atomic E-state index is 0.144. The van der Waals surface area contributed by atoms with Gasteiger partial charge in [0.15, 0.2) is 11.5 Å². The molecule has 1 aromatic rings. The molecule has 27 heavy (non-hydrogen) atoms. The summed E-state index contributed by atoms with van der Waals surface area (Å²) in [6, 6.07) is 5.85. The average molecular weight is 374 g/mol. The van der Waals surface area contributed by atoms with Crippen LogP contribution in [0.5, 0.6) is 11.5 Å². The van der Waals surface area contributed by atoms with Crippen molar-refractivity contribution in [2.75, 3.05) is 40.4 Å². The zero-order valence-corrected chi connectivity index (χ0v) is 16.6. The standard InChI is InChI=1S/C21H30N2O4/c1-15(24)23-12-8-17-13-20(25)22(11-9-18(17)14-23)10-7-16-5-4-6-19(26-2)21(16)27-3/h4-6,17-18H,7-14H2,1-3H3/t17-,18-/m0/s1. The predicted molar refractivity (Wildman–Crippen MR) is 103 cm³/mol. The number of methoxy groups -OCH3 is 2. The minimum Gasteiger partial charge on any atom is -0.493 e. The van der Waals surface area contributed by atoms with Gasteiger partial charge < -0.3 is 19.3 Å². The van der Waals surface area contributed by atoms with Crippen LogP contribution >= 0.6 is 0 Å². The summed E-state index contributed by atoms with van der Waals surface area (Å²) in [6.07, 6.45) is 3.25. The Bertz CT molecular complexity index is 691. The van der Waals surface area contributed by atoms with E-state index in [-0.39, 0.29) is 11.8 Å². The third kappa shape index (κ3) is 4.37. The monoisotopic (exact) mass is 374 g/mol. The molecule has 2 aliphatic rings. The molecule has 2 aliphatic heterocycles. The highest BCUT2D eigenvalue weighted by molar-refractivity contribution is 5.77. The number of benzene rings is 1. The molecule has 148 valence electrons. The lowest BCUT2D eigenvalue weighted by Crippen LogP contribution is -2.42. The average Bonchev–Trinajstić information content (AvgIpc) is 2.83. The normalized spacial score (nSPS) is 22.9. The maximum atomic E-state index is 12.8. The van der Waals surface area contributed by atoms with E-state index in [4.69, 9.17) is 9.47 Å². The van der Waals surface area contributed by atoms with Crippen molar-refractivity contribution >= 4 is 11.8 Å². The van der Waals surface area contributed by atoms with Gasteiger partial charge in [-0.2, -0.15) is 0 Å². The Balaban J connectivity index is 1.64. The van der Waals surface area contributed by atoms with Crippen LogP contribution in [-0.4, -0.2) is 62.0 Å². The van der Waals surface area contributed by atoms with Gasteiger partial charge in [0.05, 0.1) is 14.2 Å². The van der Waals surface area contributed by atoms with E-state index in [1.54, 1.807) is 21.1 Å². The van der Waals surface area contributed by atoms with Crippen molar-refractivity contribution in [3.63, 3.8) is 0 Å². The van der Waals surface area contributed by atoms with Crippen LogP contribution in [0.1, 0.15) is 31.7 Å². The Morgan fingerprint density at radius 3 is 2.63 bits per heavy atom. The first-order chi connectivity index (χ1) is 13.0. The maximum absolute atomic E-state index is 12.8. The molecule has 0 radical (unpaired) electrons. The van der Waals surface area contributed by atoms with Crippen LogP contribution in [0, 0.1) is 11.8 Å². The van der Waals surface area contributed by atoms with Crippen molar-refractivity contribution in [3.8, 4) is 11.5 Å². The van der Waals surface area contributed by atoms with E-state index in [0.717, 1.165) is 50.2 Å². The molecule has 2 atom stereocenters. The highest BCUT2D eigenvalue weighted by Crippen LogP contribution is 2.34. The van der Waals surface area contributed by atoms with Crippen LogP contribution in [0.4, 0.5) is 0 Å². The highest BCUT2D eigenvalue weighted by atomic mass is 16.5. The molecule has 0 N–H and O–H groups in total. The van der Waals surface area contributed by atoms with Crippen LogP contribution in [0.25, 0.3) is 0 Å². The number of ether oxygens (including phenoxy) is 2. The fraction of sp³-hybridized carbons (Fsp3) is 0.619. The number of carbonyl (C=O) groups excluding carboxylic acids is 2. The summed E-state index contributed by atoms with van der Waals surface area (Å²) in [5.41, 5.74) is 1.05. The van der Waals surface area contributed by atoms with Gasteiger partial charge in [-0.3, -0.25) is 9.59 Å². The lowest BCUT2D eigenvalue weighted by molar-refractivity contribution is -0.132. The number of para-hydroxylation sites is 1. The third-order valence-corrected chi connectivity index (χ3v) is 6.03. The summed E-state index contributed by atoms with van der Waals surface area (Å²) in [4.78, 5) is 28.4. The van der Waals surface area contributed by atoms with Crippen molar-refractivity contribution in [3.05, 3.63) is 23.8 Å². The van der Waals surface area contributed by atoms with E-state index in [1.165, 1.54) is 0 Å². The van der Waals surface area contributed by atoms with Gasteiger partial charge in [0.25, 0.3) is 0 Å². The number of nitrogens with zero attached hydrogens (tertiary/aromatic N) is 2. The molecule has 6 heteroatoms. The van der Waals surface area contributed by atoms with Crippen molar-refractivity contribution in [1.29, 1.82) is 0 Å². The Kier molecular flexibility index (Phi) is 6.24. The SMILES string of the molecule is COc1cccc(CCN2CC[C@H]3CN(C(C)=O)CC[C@H]3CC2=O)c1OC. The molecule has 0 aromatic heterocycles. The number of likely N-dealkylation sites (tertiary alicyclic amines) is 2. The molecule has 1 aromatic carbocycles. The Hall–Kier alpha value is -2.24. The number of carbonyl (C=O) groups is 2. The van der Waals surface area contributed by atoms with Crippen molar-refractivity contribution in [1.82, 2.24) is 9.80 Å². The largest absolute Gasteiger partial charge is 0.493 e. The smallest absolute Gasteiger partial charge is 0.222 e. The number of hydrogen-bond acceptors (Lipinski definition) is 4. The van der Waals surface area contributed by atoms with Gasteiger partial charge in [0.2, 0.25) is 11.8 Å². The van der Waals surface area contributed by atoms with E-state index in [0.29, 0.717) is 30.6 Å². The summed E-state index contributed by atoms with van der Waals surface area (Å²) < 4.78 is 10.9. The highest BCUT2D eigenvalue weighted by Gasteiger charge is 2.35. The van der Waals surface area contributed by atoms with Gasteiger partial charge in [-0.05, 0) is 42.7 Å². The number of amides is 2. The first kappa shape index (κ1) is 19.5. The Morgan fingerprint density at radius 1 is 1.15 bits per heavy atom. The molecule has 0 aliphatic carbocycles. The zero-order chi connectivity index (χ0) is 19.4. The van der Waals surface area contributed by atoms with E-state index >= 15 is 0 Å². The summed E-state index contributed by atoms with van der Waals surface area (Å²) in [5, 5.41) is 0. The Morgan fingerprint density at radius 2 is 1.93 bits per heavy atom. The van der Waals surface area contributed by atoms with Gasteiger partial charge in [0, 0.05) is 39.5 Å². The molecule has 2 heterocycles. The molecule has 0 saturated carbocycles. The van der Waals surface area contributed by atoms with Gasteiger partial charge >= 0.3 is 0 Å². The summed E-state index contributed by atoms with van der Waals surface area (Å²) in [6.45, 7) is 4.65. The second kappa shape index (κ2) is 8.63. The lowest BCUT2D eigenvalue weighted by atomic mass is 9.82. The van der Waals surface area contributed by atoms with Crippen molar-refractivity contribution < 1.29 is 19.1 Å². The van der Waals surface area contributed by atoms with Gasteiger partial charge in [-0.25, -0.2) is 0 Å². The number of fused-ring (bicyclic) bond motifs is 1. The van der Waals surface area contributed by atoms with E-state index in [9.17, 15) is 9.59 Å². The molecule has 2 fully saturated rings. The number of hydrogen-bond donors (Lipinski definition) is 0. The van der Waals surface area contributed by atoms with Crippen molar-refractivity contribution in [2.45, 2.75) is 32.6 Å². The van der Waals surface area contributed by atoms with Crippen molar-refractivity contribution in [2.24, 2.45) is 11.8 Å². The number of rotatable bonds is 5. The molecule has 0 bridgehead atoms. The van der Waals surface area contributed by atoms with Crippen LogP contribution in [0.3, 0.4) is 0 Å². The molecule has 2 saturated heterocycles. The lowest BCUT2D eigenvalue weighted by Gasteiger charge is -2.36. The summed E-state index contributed by atoms with van der Waals surface area (Å²) >= 11 is 0. The molecule has 0 spiro atoms. The van der Waals surface area contributed by atoms with Crippen LogP contribution in [0.15, 0.2) is 18.2 Å². The van der Waals surface area contributed by atoms with E-state index in [1.807, 2.05) is 28.0 Å². The molecule has 2 amide bonds. The first-order valence-corrected chi connectivity index (χ1v) is 9.76. The summed E-state index contributed by atoms with van der Waals surface area (Å²) in [7, 11) is 3.27. The third-order valence-electron chi connectivity index (χ3n) is 6.03. The van der Waals surface area contributed by atoms with Gasteiger partial charge in [0.1, 0.15) is 0 Å². The minimum absolute atomic E-state index is 0.144. The van der Waals surface area contributed by atoms with E-state index < -0.39 is 0 Å². The van der Waals surface area contributed by atoms with Gasteiger partial charge in [-0.1, -0.05) is 12.1 Å². The number of piperidine rings is 1. The second-order valence-electron chi connectivity index (χ2n) is 7.55. The molecule has 0 unspecified atom stereocenters. The second-order valence-corrected chi connectivity index (χ2v) is 7.55. The predicted octanol–water partition coefficient (Wildman–Crippen LogP) is 2.35.